The van der Waals surface area contributed by atoms with E-state index in [-0.39, 0.29) is 30.4 Å². The van der Waals surface area contributed by atoms with Crippen LogP contribution < -0.4 is 10.1 Å². The number of aromatic hydroxyl groups is 1. The molecule has 0 aliphatic rings. The maximum atomic E-state index is 11.8. The van der Waals surface area contributed by atoms with Gasteiger partial charge in [-0.3, -0.25) is 4.79 Å². The van der Waals surface area contributed by atoms with E-state index in [1.165, 1.54) is 6.07 Å². The monoisotopic (exact) mass is 325 g/mol. The molecule has 2 aromatic rings. The van der Waals surface area contributed by atoms with Crippen molar-refractivity contribution in [2.45, 2.75) is 0 Å². The molecule has 0 aromatic heterocycles. The number of hydrogen-bond donors (Lipinski definition) is 2. The van der Waals surface area contributed by atoms with Gasteiger partial charge in [0.25, 0.3) is 5.91 Å². The first-order valence-electron chi connectivity index (χ1n) is 6.22. The van der Waals surface area contributed by atoms with Crippen LogP contribution in [0, 0.1) is 0 Å². The maximum Gasteiger partial charge on any atom is 0.255 e. The number of hydrogen-bond acceptors (Lipinski definition) is 3. The third kappa shape index (κ3) is 4.03. The highest BCUT2D eigenvalue weighted by Crippen LogP contribution is 2.31. The standard InChI is InChI=1S/C15H13Cl2NO3/c16-11-5-3-7-13(14(11)17)21-9-8-18-15(20)10-4-1-2-6-12(10)19/h1-7,19H,8-9H2,(H,18,20). The third-order valence-corrected chi connectivity index (χ3v) is 3.51. The summed E-state index contributed by atoms with van der Waals surface area (Å²) in [4.78, 5) is 11.8. The van der Waals surface area contributed by atoms with E-state index in [0.717, 1.165) is 0 Å². The molecule has 0 saturated carbocycles. The van der Waals surface area contributed by atoms with Gasteiger partial charge in [-0.2, -0.15) is 0 Å². The SMILES string of the molecule is O=C(NCCOc1cccc(Cl)c1Cl)c1ccccc1O. The molecule has 0 aliphatic carbocycles. The average molecular weight is 326 g/mol. The Morgan fingerprint density at radius 1 is 1.14 bits per heavy atom. The van der Waals surface area contributed by atoms with E-state index < -0.39 is 0 Å². The molecule has 0 spiro atoms. The fourth-order valence-electron chi connectivity index (χ4n) is 1.68. The van der Waals surface area contributed by atoms with E-state index in [9.17, 15) is 9.90 Å². The highest BCUT2D eigenvalue weighted by atomic mass is 35.5. The second-order valence-electron chi connectivity index (χ2n) is 4.17. The van der Waals surface area contributed by atoms with E-state index in [1.54, 1.807) is 36.4 Å². The van der Waals surface area contributed by atoms with Gasteiger partial charge in [-0.25, -0.2) is 0 Å². The van der Waals surface area contributed by atoms with Gasteiger partial charge in [0, 0.05) is 0 Å². The Morgan fingerprint density at radius 3 is 2.67 bits per heavy atom. The minimum atomic E-state index is -0.367. The van der Waals surface area contributed by atoms with E-state index in [0.29, 0.717) is 15.8 Å². The van der Waals surface area contributed by atoms with Crippen LogP contribution in [0.1, 0.15) is 10.4 Å². The number of carbonyl (C=O) groups is 1. The summed E-state index contributed by atoms with van der Waals surface area (Å²) in [7, 11) is 0. The van der Waals surface area contributed by atoms with Crippen LogP contribution in [0.4, 0.5) is 0 Å². The lowest BCUT2D eigenvalue weighted by Gasteiger charge is -2.10. The van der Waals surface area contributed by atoms with Crippen LogP contribution in [-0.2, 0) is 0 Å². The fraction of sp³-hybridized carbons (Fsp3) is 0.133. The zero-order valence-electron chi connectivity index (χ0n) is 11.0. The van der Waals surface area contributed by atoms with Gasteiger partial charge >= 0.3 is 0 Å². The van der Waals surface area contributed by atoms with Gasteiger partial charge in [-0.15, -0.1) is 0 Å². The molecule has 0 fully saturated rings. The van der Waals surface area contributed by atoms with Gasteiger partial charge in [0.2, 0.25) is 0 Å². The second kappa shape index (κ2) is 7.20. The molecule has 2 rings (SSSR count). The van der Waals surface area contributed by atoms with E-state index in [4.69, 9.17) is 27.9 Å². The Labute approximate surface area is 132 Å². The van der Waals surface area contributed by atoms with Crippen LogP contribution in [0.15, 0.2) is 42.5 Å². The van der Waals surface area contributed by atoms with Gasteiger partial charge in [0.15, 0.2) is 0 Å². The zero-order valence-corrected chi connectivity index (χ0v) is 12.5. The smallest absolute Gasteiger partial charge is 0.255 e. The van der Waals surface area contributed by atoms with Crippen molar-refractivity contribution in [3.63, 3.8) is 0 Å². The Balaban J connectivity index is 1.84. The minimum Gasteiger partial charge on any atom is -0.507 e. The number of nitrogens with one attached hydrogen (secondary N) is 1. The van der Waals surface area contributed by atoms with Gasteiger partial charge < -0.3 is 15.2 Å². The number of benzene rings is 2. The van der Waals surface area contributed by atoms with Gasteiger partial charge in [0.1, 0.15) is 23.1 Å². The number of carbonyl (C=O) groups excluding carboxylic acids is 1. The van der Waals surface area contributed by atoms with Crippen LogP contribution in [0.5, 0.6) is 11.5 Å². The van der Waals surface area contributed by atoms with Crippen molar-refractivity contribution >= 4 is 29.1 Å². The normalized spacial score (nSPS) is 10.2. The molecule has 0 aliphatic heterocycles. The summed E-state index contributed by atoms with van der Waals surface area (Å²) in [5, 5.41) is 13.0. The molecule has 0 radical (unpaired) electrons. The lowest BCUT2D eigenvalue weighted by molar-refractivity contribution is 0.0944. The first-order chi connectivity index (χ1) is 10.1. The number of para-hydroxylation sites is 1. The molecular weight excluding hydrogens is 313 g/mol. The largest absolute Gasteiger partial charge is 0.507 e. The number of rotatable bonds is 5. The first kappa shape index (κ1) is 15.5. The maximum absolute atomic E-state index is 11.8. The van der Waals surface area contributed by atoms with Crippen LogP contribution in [0.25, 0.3) is 0 Å². The third-order valence-electron chi connectivity index (χ3n) is 2.71. The summed E-state index contributed by atoms with van der Waals surface area (Å²) in [6.07, 6.45) is 0. The summed E-state index contributed by atoms with van der Waals surface area (Å²) >= 11 is 11.8. The van der Waals surface area contributed by atoms with E-state index >= 15 is 0 Å². The summed E-state index contributed by atoms with van der Waals surface area (Å²) < 4.78 is 5.44. The minimum absolute atomic E-state index is 0.0613. The van der Waals surface area contributed by atoms with Crippen molar-refractivity contribution in [2.75, 3.05) is 13.2 Å². The van der Waals surface area contributed by atoms with Crippen LogP contribution >= 0.6 is 23.2 Å². The zero-order chi connectivity index (χ0) is 15.2. The molecular formula is C15H13Cl2NO3. The molecule has 2 aromatic carbocycles. The van der Waals surface area contributed by atoms with Gasteiger partial charge in [-0.05, 0) is 24.3 Å². The number of phenolic OH excluding ortho intramolecular Hbond substituents is 1. The predicted octanol–water partition coefficient (Wildman–Crippen LogP) is 3.51. The van der Waals surface area contributed by atoms with Crippen molar-refractivity contribution in [3.05, 3.63) is 58.1 Å². The highest BCUT2D eigenvalue weighted by molar-refractivity contribution is 6.42. The number of phenols is 1. The Morgan fingerprint density at radius 2 is 1.90 bits per heavy atom. The highest BCUT2D eigenvalue weighted by Gasteiger charge is 2.09. The molecule has 2 N–H and O–H groups in total. The Kier molecular flexibility index (Phi) is 5.31. The molecule has 0 atom stereocenters. The number of halogens is 2. The van der Waals surface area contributed by atoms with Crippen molar-refractivity contribution in [2.24, 2.45) is 0 Å². The van der Waals surface area contributed by atoms with Gasteiger partial charge in [-0.1, -0.05) is 41.4 Å². The average Bonchev–Trinajstić information content (AvgIpc) is 2.48. The van der Waals surface area contributed by atoms with Crippen LogP contribution in [0.2, 0.25) is 10.0 Å². The summed E-state index contributed by atoms with van der Waals surface area (Å²) in [6, 6.07) is 11.4. The number of amides is 1. The molecule has 0 bridgehead atoms. The summed E-state index contributed by atoms with van der Waals surface area (Å²) in [6.45, 7) is 0.509. The fourth-order valence-corrected chi connectivity index (χ4v) is 2.03. The second-order valence-corrected chi connectivity index (χ2v) is 4.96. The number of ether oxygens (including phenoxy) is 1. The lowest BCUT2D eigenvalue weighted by atomic mass is 10.2. The molecule has 0 heterocycles. The molecule has 110 valence electrons. The predicted molar refractivity (Wildman–Crippen MR) is 82.4 cm³/mol. The molecule has 0 unspecified atom stereocenters. The molecule has 4 nitrogen and oxygen atoms in total. The van der Waals surface area contributed by atoms with Crippen molar-refractivity contribution in [3.8, 4) is 11.5 Å². The molecule has 6 heteroatoms. The van der Waals surface area contributed by atoms with Crippen molar-refractivity contribution < 1.29 is 14.6 Å². The topological polar surface area (TPSA) is 58.6 Å². The van der Waals surface area contributed by atoms with Crippen LogP contribution in [-0.4, -0.2) is 24.2 Å². The van der Waals surface area contributed by atoms with Crippen molar-refractivity contribution in [1.82, 2.24) is 5.32 Å². The lowest BCUT2D eigenvalue weighted by Crippen LogP contribution is -2.28. The first-order valence-corrected chi connectivity index (χ1v) is 6.98. The molecule has 0 saturated heterocycles. The van der Waals surface area contributed by atoms with E-state index in [1.807, 2.05) is 0 Å². The molecule has 21 heavy (non-hydrogen) atoms. The van der Waals surface area contributed by atoms with Crippen molar-refractivity contribution in [1.29, 1.82) is 0 Å². The Hall–Kier alpha value is -1.91. The van der Waals surface area contributed by atoms with E-state index in [2.05, 4.69) is 5.32 Å². The quantitative estimate of drug-likeness (QED) is 0.827. The Bertz CT molecular complexity index is 647. The molecule has 1 amide bonds. The van der Waals surface area contributed by atoms with Gasteiger partial charge in [0.05, 0.1) is 17.1 Å². The summed E-state index contributed by atoms with van der Waals surface area (Å²) in [5.41, 5.74) is 0.221. The van der Waals surface area contributed by atoms with Crippen LogP contribution in [0.3, 0.4) is 0 Å². The summed E-state index contributed by atoms with van der Waals surface area (Å²) in [5.74, 6) is 0.0312.